The Bertz CT molecular complexity index is 881. The van der Waals surface area contributed by atoms with Crippen LogP contribution in [0.1, 0.15) is 18.4 Å². The molecule has 2 rings (SSSR count). The Hall–Kier alpha value is -1.76. The van der Waals surface area contributed by atoms with Crippen molar-refractivity contribution in [3.05, 3.63) is 58.1 Å². The number of carbonyl (C=O) groups is 1. The van der Waals surface area contributed by atoms with E-state index in [0.29, 0.717) is 27.8 Å². The molecule has 0 aliphatic rings. The van der Waals surface area contributed by atoms with Gasteiger partial charge in [0.25, 0.3) is 0 Å². The van der Waals surface area contributed by atoms with E-state index >= 15 is 0 Å². The van der Waals surface area contributed by atoms with Crippen LogP contribution in [0.15, 0.2) is 42.5 Å². The van der Waals surface area contributed by atoms with E-state index in [-0.39, 0.29) is 18.9 Å². The Morgan fingerprint density at radius 2 is 1.77 bits per heavy atom. The Kier molecular flexibility index (Phi) is 6.92. The van der Waals surface area contributed by atoms with E-state index in [1.165, 1.54) is 4.31 Å². The van der Waals surface area contributed by atoms with Gasteiger partial charge < -0.3 is 5.32 Å². The smallest absolute Gasteiger partial charge is 0.232 e. The molecule has 0 saturated heterocycles. The highest BCUT2D eigenvalue weighted by atomic mass is 35.5. The summed E-state index contributed by atoms with van der Waals surface area (Å²) >= 11 is 11.8. The van der Waals surface area contributed by atoms with Gasteiger partial charge in [0.05, 0.1) is 11.9 Å². The largest absolute Gasteiger partial charge is 0.326 e. The van der Waals surface area contributed by atoms with E-state index < -0.39 is 10.0 Å². The molecule has 0 heterocycles. The predicted octanol–water partition coefficient (Wildman–Crippen LogP) is 4.49. The molecule has 0 unspecified atom stereocenters. The monoisotopic (exact) mass is 414 g/mol. The summed E-state index contributed by atoms with van der Waals surface area (Å²) in [5.41, 5.74) is 2.06. The van der Waals surface area contributed by atoms with Gasteiger partial charge >= 0.3 is 0 Å². The minimum Gasteiger partial charge on any atom is -0.326 e. The summed E-state index contributed by atoms with van der Waals surface area (Å²) < 4.78 is 25.5. The fourth-order valence-electron chi connectivity index (χ4n) is 2.50. The first-order chi connectivity index (χ1) is 12.1. The van der Waals surface area contributed by atoms with Crippen molar-refractivity contribution in [3.63, 3.8) is 0 Å². The lowest BCUT2D eigenvalue weighted by Crippen LogP contribution is -2.31. The summed E-state index contributed by atoms with van der Waals surface area (Å²) in [6, 6.07) is 12.0. The van der Waals surface area contributed by atoms with Crippen LogP contribution >= 0.6 is 23.2 Å². The maximum atomic E-state index is 12.1. The van der Waals surface area contributed by atoms with Crippen molar-refractivity contribution in [2.45, 2.75) is 19.8 Å². The summed E-state index contributed by atoms with van der Waals surface area (Å²) in [6.07, 6.45) is 1.70. The molecule has 0 radical (unpaired) electrons. The number of anilines is 2. The zero-order valence-corrected chi connectivity index (χ0v) is 16.8. The second kappa shape index (κ2) is 8.75. The van der Waals surface area contributed by atoms with Crippen molar-refractivity contribution in [2.75, 3.05) is 22.4 Å². The van der Waals surface area contributed by atoms with E-state index in [4.69, 9.17) is 23.2 Å². The van der Waals surface area contributed by atoms with Crippen LogP contribution in [0, 0.1) is 6.92 Å². The Morgan fingerprint density at radius 3 is 2.35 bits per heavy atom. The highest BCUT2D eigenvalue weighted by Gasteiger charge is 2.17. The van der Waals surface area contributed by atoms with Gasteiger partial charge in [0, 0.05) is 28.7 Å². The van der Waals surface area contributed by atoms with Crippen LogP contribution in [0.5, 0.6) is 0 Å². The van der Waals surface area contributed by atoms with Crippen LogP contribution in [0.25, 0.3) is 0 Å². The average Bonchev–Trinajstić information content (AvgIpc) is 2.49. The molecule has 0 aromatic heterocycles. The molecule has 2 aromatic carbocycles. The minimum absolute atomic E-state index is 0.169. The van der Waals surface area contributed by atoms with Crippen molar-refractivity contribution in [3.8, 4) is 0 Å². The molecule has 140 valence electrons. The van der Waals surface area contributed by atoms with Gasteiger partial charge in [-0.15, -0.1) is 0 Å². The molecule has 0 fully saturated rings. The van der Waals surface area contributed by atoms with Crippen LogP contribution in [-0.2, 0) is 14.8 Å². The second-order valence-corrected chi connectivity index (χ2v) is 8.76. The SMILES string of the molecule is Cc1cccc(N(CCCC(=O)Nc2cc(Cl)cc(Cl)c2)S(C)(=O)=O)c1. The zero-order chi connectivity index (χ0) is 19.3. The van der Waals surface area contributed by atoms with Crippen molar-refractivity contribution in [1.82, 2.24) is 0 Å². The van der Waals surface area contributed by atoms with Gasteiger partial charge in [-0.2, -0.15) is 0 Å². The minimum atomic E-state index is -3.44. The van der Waals surface area contributed by atoms with Gasteiger partial charge in [-0.05, 0) is 49.2 Å². The maximum Gasteiger partial charge on any atom is 0.232 e. The van der Waals surface area contributed by atoms with E-state index in [9.17, 15) is 13.2 Å². The molecule has 1 amide bonds. The average molecular weight is 415 g/mol. The molecule has 5 nitrogen and oxygen atoms in total. The van der Waals surface area contributed by atoms with E-state index in [1.54, 1.807) is 36.4 Å². The van der Waals surface area contributed by atoms with Crippen LogP contribution in [0.2, 0.25) is 10.0 Å². The lowest BCUT2D eigenvalue weighted by atomic mass is 10.2. The summed E-state index contributed by atoms with van der Waals surface area (Å²) in [4.78, 5) is 12.1. The highest BCUT2D eigenvalue weighted by Crippen LogP contribution is 2.23. The lowest BCUT2D eigenvalue weighted by Gasteiger charge is -2.22. The molecule has 0 bridgehead atoms. The fraction of sp³-hybridized carbons (Fsp3) is 0.278. The van der Waals surface area contributed by atoms with Crippen molar-refractivity contribution >= 4 is 50.5 Å². The second-order valence-electron chi connectivity index (χ2n) is 5.98. The molecule has 8 heteroatoms. The zero-order valence-electron chi connectivity index (χ0n) is 14.5. The lowest BCUT2D eigenvalue weighted by molar-refractivity contribution is -0.116. The quantitative estimate of drug-likeness (QED) is 0.725. The molecule has 1 N–H and O–H groups in total. The molecule has 0 saturated carbocycles. The molecule has 0 atom stereocenters. The van der Waals surface area contributed by atoms with E-state index in [0.717, 1.165) is 11.8 Å². The van der Waals surface area contributed by atoms with Crippen molar-refractivity contribution < 1.29 is 13.2 Å². The molecule has 26 heavy (non-hydrogen) atoms. The summed E-state index contributed by atoms with van der Waals surface area (Å²) in [5, 5.41) is 3.56. The number of nitrogens with one attached hydrogen (secondary N) is 1. The first-order valence-corrected chi connectivity index (χ1v) is 10.6. The third-order valence-electron chi connectivity index (χ3n) is 3.60. The molecule has 2 aromatic rings. The Balaban J connectivity index is 1.98. The number of halogens is 2. The standard InChI is InChI=1S/C18H20Cl2N2O3S/c1-13-5-3-6-17(9-13)22(26(2,24)25)8-4-7-18(23)21-16-11-14(19)10-15(20)12-16/h3,5-6,9-12H,4,7-8H2,1-2H3,(H,21,23). The van der Waals surface area contributed by atoms with Crippen LogP contribution in [0.3, 0.4) is 0 Å². The number of rotatable bonds is 7. The number of hydrogen-bond donors (Lipinski definition) is 1. The number of amides is 1. The van der Waals surface area contributed by atoms with Gasteiger partial charge in [-0.25, -0.2) is 8.42 Å². The van der Waals surface area contributed by atoms with E-state index in [1.807, 2.05) is 13.0 Å². The van der Waals surface area contributed by atoms with Gasteiger partial charge in [0.2, 0.25) is 15.9 Å². The number of benzene rings is 2. The first kappa shape index (κ1) is 20.6. The normalized spacial score (nSPS) is 11.2. The van der Waals surface area contributed by atoms with Crippen LogP contribution in [-0.4, -0.2) is 27.1 Å². The van der Waals surface area contributed by atoms with Gasteiger partial charge in [-0.3, -0.25) is 9.10 Å². The third-order valence-corrected chi connectivity index (χ3v) is 5.23. The number of carbonyl (C=O) groups excluding carboxylic acids is 1. The van der Waals surface area contributed by atoms with Crippen molar-refractivity contribution in [1.29, 1.82) is 0 Å². The van der Waals surface area contributed by atoms with Crippen molar-refractivity contribution in [2.24, 2.45) is 0 Å². The van der Waals surface area contributed by atoms with E-state index in [2.05, 4.69) is 5.32 Å². The number of aryl methyl sites for hydroxylation is 1. The van der Waals surface area contributed by atoms with Crippen LogP contribution < -0.4 is 9.62 Å². The molecule has 0 spiro atoms. The summed E-state index contributed by atoms with van der Waals surface area (Å²) in [5.74, 6) is -0.235. The number of hydrogen-bond acceptors (Lipinski definition) is 3. The third kappa shape index (κ3) is 6.20. The Morgan fingerprint density at radius 1 is 1.12 bits per heavy atom. The summed E-state index contributed by atoms with van der Waals surface area (Å²) in [7, 11) is -3.44. The topological polar surface area (TPSA) is 66.5 Å². The van der Waals surface area contributed by atoms with Gasteiger partial charge in [0.15, 0.2) is 0 Å². The number of nitrogens with zero attached hydrogens (tertiary/aromatic N) is 1. The molecule has 0 aliphatic carbocycles. The Labute approximate surface area is 164 Å². The first-order valence-electron chi connectivity index (χ1n) is 7.95. The van der Waals surface area contributed by atoms with Gasteiger partial charge in [-0.1, -0.05) is 35.3 Å². The maximum absolute atomic E-state index is 12.1. The molecular formula is C18H20Cl2N2O3S. The van der Waals surface area contributed by atoms with Crippen LogP contribution in [0.4, 0.5) is 11.4 Å². The molecular weight excluding hydrogens is 395 g/mol. The predicted molar refractivity (Wildman–Crippen MR) is 108 cm³/mol. The fourth-order valence-corrected chi connectivity index (χ4v) is 3.99. The van der Waals surface area contributed by atoms with Gasteiger partial charge in [0.1, 0.15) is 0 Å². The number of sulfonamides is 1. The summed E-state index contributed by atoms with van der Waals surface area (Å²) in [6.45, 7) is 2.11. The molecule has 0 aliphatic heterocycles. The highest BCUT2D eigenvalue weighted by molar-refractivity contribution is 7.92.